The summed E-state index contributed by atoms with van der Waals surface area (Å²) in [5.74, 6) is 0. The summed E-state index contributed by atoms with van der Waals surface area (Å²) in [5, 5.41) is 0. The molecule has 0 saturated carbocycles. The maximum absolute atomic E-state index is 12.2. The third-order valence-electron chi connectivity index (χ3n) is 2.86. The molecule has 20 heavy (non-hydrogen) atoms. The summed E-state index contributed by atoms with van der Waals surface area (Å²) in [6.45, 7) is 2.02. The first-order chi connectivity index (χ1) is 9.54. The predicted octanol–water partition coefficient (Wildman–Crippen LogP) is 2.13. The van der Waals surface area contributed by atoms with Crippen molar-refractivity contribution in [2.75, 3.05) is 4.72 Å². The zero-order valence-electron chi connectivity index (χ0n) is 11.1. The fourth-order valence-electron chi connectivity index (χ4n) is 1.92. The Morgan fingerprint density at radius 1 is 1.20 bits per heavy atom. The summed E-state index contributed by atoms with van der Waals surface area (Å²) in [6.07, 6.45) is 4.26. The second-order valence-electron chi connectivity index (χ2n) is 4.39. The number of anilines is 1. The van der Waals surface area contributed by atoms with Gasteiger partial charge in [-0.15, -0.1) is 0 Å². The van der Waals surface area contributed by atoms with Crippen LogP contribution in [0.5, 0.6) is 0 Å². The first kappa shape index (κ1) is 14.3. The monoisotopic (exact) mass is 292 g/mol. The molecule has 2 aromatic rings. The number of nitrogens with one attached hydrogen (secondary N) is 2. The van der Waals surface area contributed by atoms with Gasteiger partial charge in [-0.3, -0.25) is 9.52 Å². The minimum atomic E-state index is -3.88. The number of sulfonamides is 1. The number of aromatic amines is 1. The number of benzene rings is 1. The Morgan fingerprint density at radius 2 is 1.95 bits per heavy atom. The minimum Gasteiger partial charge on any atom is -0.366 e. The molecule has 1 heterocycles. The van der Waals surface area contributed by atoms with E-state index in [0.29, 0.717) is 5.69 Å². The number of aromatic nitrogens is 1. The van der Waals surface area contributed by atoms with Gasteiger partial charge >= 0.3 is 0 Å². The van der Waals surface area contributed by atoms with E-state index in [2.05, 4.69) is 9.71 Å². The number of hydrogen-bond donors (Lipinski definition) is 2. The van der Waals surface area contributed by atoms with E-state index >= 15 is 0 Å². The fourth-order valence-corrected chi connectivity index (χ4v) is 3.07. The van der Waals surface area contributed by atoms with Crippen molar-refractivity contribution < 1.29 is 8.42 Å². The highest BCUT2D eigenvalue weighted by atomic mass is 32.2. The molecule has 2 rings (SSSR count). The van der Waals surface area contributed by atoms with Gasteiger partial charge in [0, 0.05) is 18.5 Å². The highest BCUT2D eigenvalue weighted by Crippen LogP contribution is 2.19. The van der Waals surface area contributed by atoms with E-state index in [-0.39, 0.29) is 4.90 Å². The van der Waals surface area contributed by atoms with Crippen LogP contribution in [-0.4, -0.2) is 13.4 Å². The summed E-state index contributed by atoms with van der Waals surface area (Å²) in [4.78, 5) is 14.0. The molecule has 0 aliphatic rings. The van der Waals surface area contributed by atoms with Crippen molar-refractivity contribution in [1.29, 1.82) is 0 Å². The number of para-hydroxylation sites is 1. The van der Waals surface area contributed by atoms with Crippen molar-refractivity contribution in [2.24, 2.45) is 0 Å². The molecule has 0 saturated heterocycles. The van der Waals surface area contributed by atoms with Crippen molar-refractivity contribution in [1.82, 2.24) is 4.98 Å². The van der Waals surface area contributed by atoms with Gasteiger partial charge in [-0.05, 0) is 18.1 Å². The normalized spacial score (nSPS) is 11.2. The molecule has 0 unspecified atom stereocenters. The lowest BCUT2D eigenvalue weighted by Crippen LogP contribution is -2.21. The van der Waals surface area contributed by atoms with Crippen LogP contribution in [0.4, 0.5) is 5.69 Å². The van der Waals surface area contributed by atoms with Gasteiger partial charge in [-0.1, -0.05) is 31.5 Å². The highest BCUT2D eigenvalue weighted by molar-refractivity contribution is 7.92. The van der Waals surface area contributed by atoms with E-state index in [9.17, 15) is 13.2 Å². The summed E-state index contributed by atoms with van der Waals surface area (Å²) in [6, 6.07) is 8.37. The summed E-state index contributed by atoms with van der Waals surface area (Å²) in [5.41, 5.74) is 0.882. The Bertz CT molecular complexity index is 751. The molecule has 0 atom stereocenters. The number of hydrogen-bond acceptors (Lipinski definition) is 3. The summed E-state index contributed by atoms with van der Waals surface area (Å²) in [7, 11) is -3.88. The second-order valence-corrected chi connectivity index (χ2v) is 6.04. The number of rotatable bonds is 5. The largest absolute Gasteiger partial charge is 0.366 e. The summed E-state index contributed by atoms with van der Waals surface area (Å²) >= 11 is 0. The molecule has 5 nitrogen and oxygen atoms in total. The van der Waals surface area contributed by atoms with Crippen LogP contribution in [0.25, 0.3) is 0 Å². The zero-order chi connectivity index (χ0) is 14.6. The van der Waals surface area contributed by atoms with E-state index in [1.54, 1.807) is 12.1 Å². The predicted molar refractivity (Wildman–Crippen MR) is 78.3 cm³/mol. The molecule has 106 valence electrons. The second kappa shape index (κ2) is 5.92. The van der Waals surface area contributed by atoms with Crippen LogP contribution in [0.2, 0.25) is 0 Å². The van der Waals surface area contributed by atoms with Crippen LogP contribution in [0.3, 0.4) is 0 Å². The average Bonchev–Trinajstić information content (AvgIpc) is 2.41. The van der Waals surface area contributed by atoms with Gasteiger partial charge in [0.2, 0.25) is 5.43 Å². The van der Waals surface area contributed by atoms with Gasteiger partial charge in [0.1, 0.15) is 0 Å². The van der Waals surface area contributed by atoms with Crippen molar-refractivity contribution in [3.63, 3.8) is 0 Å². The summed E-state index contributed by atoms with van der Waals surface area (Å²) < 4.78 is 27.0. The molecule has 0 aliphatic carbocycles. The Kier molecular flexibility index (Phi) is 4.24. The van der Waals surface area contributed by atoms with Gasteiger partial charge in [-0.2, -0.15) is 0 Å². The van der Waals surface area contributed by atoms with Crippen LogP contribution >= 0.6 is 0 Å². The lowest BCUT2D eigenvalue weighted by Gasteiger charge is -2.11. The number of H-pyrrole nitrogens is 1. The molecule has 2 N–H and O–H groups in total. The third kappa shape index (κ3) is 3.08. The molecule has 0 fully saturated rings. The average molecular weight is 292 g/mol. The van der Waals surface area contributed by atoms with E-state index in [1.165, 1.54) is 18.5 Å². The standard InChI is InChI=1S/C14H16N2O3S/c1-2-5-11-6-3-4-7-12(11)16-20(18,19)14-10-15-9-8-13(14)17/h3-4,6-10,16H,2,5H2,1H3,(H,15,17). The van der Waals surface area contributed by atoms with Crippen molar-refractivity contribution in [3.8, 4) is 0 Å². The van der Waals surface area contributed by atoms with Crippen molar-refractivity contribution in [3.05, 3.63) is 58.5 Å². The van der Waals surface area contributed by atoms with Gasteiger partial charge < -0.3 is 4.98 Å². The number of pyridine rings is 1. The molecule has 0 bridgehead atoms. The lowest BCUT2D eigenvalue weighted by atomic mass is 10.1. The molecule has 0 radical (unpaired) electrons. The first-order valence-corrected chi connectivity index (χ1v) is 7.80. The van der Waals surface area contributed by atoms with Gasteiger partial charge in [-0.25, -0.2) is 8.42 Å². The molecule has 0 amide bonds. The minimum absolute atomic E-state index is 0.286. The van der Waals surface area contributed by atoms with E-state index in [4.69, 9.17) is 0 Å². The third-order valence-corrected chi connectivity index (χ3v) is 4.25. The molecule has 0 spiro atoms. The van der Waals surface area contributed by atoms with Gasteiger partial charge in [0.15, 0.2) is 4.90 Å². The Hall–Kier alpha value is -2.08. The molecular formula is C14H16N2O3S. The maximum atomic E-state index is 12.2. The van der Waals surface area contributed by atoms with Crippen LogP contribution in [0.1, 0.15) is 18.9 Å². The SMILES string of the molecule is CCCc1ccccc1NS(=O)(=O)c1c[nH]ccc1=O. The zero-order valence-corrected chi connectivity index (χ0v) is 11.9. The van der Waals surface area contributed by atoms with Crippen LogP contribution in [0, 0.1) is 0 Å². The topological polar surface area (TPSA) is 79.0 Å². The number of aryl methyl sites for hydroxylation is 1. The van der Waals surface area contributed by atoms with Gasteiger partial charge in [0.05, 0.1) is 5.69 Å². The van der Waals surface area contributed by atoms with Crippen LogP contribution < -0.4 is 10.2 Å². The van der Waals surface area contributed by atoms with Gasteiger partial charge in [0.25, 0.3) is 10.0 Å². The molecular weight excluding hydrogens is 276 g/mol. The smallest absolute Gasteiger partial charge is 0.267 e. The maximum Gasteiger partial charge on any atom is 0.267 e. The van der Waals surface area contributed by atoms with E-state index < -0.39 is 15.5 Å². The van der Waals surface area contributed by atoms with Crippen LogP contribution in [0.15, 0.2) is 52.4 Å². The molecule has 1 aromatic heterocycles. The fraction of sp³-hybridized carbons (Fsp3) is 0.214. The highest BCUT2D eigenvalue weighted by Gasteiger charge is 2.18. The molecule has 6 heteroatoms. The molecule has 0 aliphatic heterocycles. The van der Waals surface area contributed by atoms with E-state index in [1.807, 2.05) is 19.1 Å². The Labute approximate surface area is 117 Å². The Balaban J connectivity index is 2.39. The quantitative estimate of drug-likeness (QED) is 0.886. The van der Waals surface area contributed by atoms with E-state index in [0.717, 1.165) is 18.4 Å². The lowest BCUT2D eigenvalue weighted by molar-refractivity contribution is 0.600. The van der Waals surface area contributed by atoms with Crippen molar-refractivity contribution in [2.45, 2.75) is 24.7 Å². The first-order valence-electron chi connectivity index (χ1n) is 6.32. The van der Waals surface area contributed by atoms with Crippen molar-refractivity contribution >= 4 is 15.7 Å². The Morgan fingerprint density at radius 3 is 2.65 bits per heavy atom. The van der Waals surface area contributed by atoms with Crippen LogP contribution in [-0.2, 0) is 16.4 Å². The molecule has 1 aromatic carbocycles.